The van der Waals surface area contributed by atoms with Crippen LogP contribution in [0.15, 0.2) is 0 Å². The molecular weight excluding hydrogens is 208 g/mol. The fraction of sp³-hybridized carbons (Fsp3) is 1.00. The maximum absolute atomic E-state index is 3.43. The lowest BCUT2D eigenvalue weighted by Crippen LogP contribution is -2.45. The monoisotopic (exact) mass is 240 g/mol. The summed E-state index contributed by atoms with van der Waals surface area (Å²) in [4.78, 5) is 2.54. The highest BCUT2D eigenvalue weighted by Gasteiger charge is 2.35. The molecule has 1 fully saturated rings. The normalized spacial score (nSPS) is 30.2. The fourth-order valence-corrected chi connectivity index (χ4v) is 3.76. The van der Waals surface area contributed by atoms with E-state index in [-0.39, 0.29) is 0 Å². The van der Waals surface area contributed by atoms with Gasteiger partial charge < -0.3 is 10.2 Å². The third-order valence-electron chi connectivity index (χ3n) is 4.02. The number of nitrogens with one attached hydrogen (secondary N) is 1. The second kappa shape index (κ2) is 6.75. The van der Waals surface area contributed by atoms with E-state index in [1.807, 2.05) is 0 Å². The molecule has 0 aromatic rings. The topological polar surface area (TPSA) is 15.3 Å². The predicted molar refractivity (Wildman–Crippen MR) is 76.3 cm³/mol. The van der Waals surface area contributed by atoms with E-state index in [1.54, 1.807) is 0 Å². The number of nitrogens with zero attached hydrogens (tertiary/aromatic N) is 1. The molecule has 1 saturated carbocycles. The zero-order valence-corrected chi connectivity index (χ0v) is 12.6. The van der Waals surface area contributed by atoms with Gasteiger partial charge in [0.25, 0.3) is 0 Å². The van der Waals surface area contributed by atoms with Crippen molar-refractivity contribution >= 4 is 0 Å². The van der Waals surface area contributed by atoms with Crippen molar-refractivity contribution in [3.63, 3.8) is 0 Å². The van der Waals surface area contributed by atoms with Gasteiger partial charge in [-0.05, 0) is 44.2 Å². The molecule has 0 amide bonds. The van der Waals surface area contributed by atoms with Crippen molar-refractivity contribution in [2.45, 2.75) is 46.5 Å². The summed E-state index contributed by atoms with van der Waals surface area (Å²) in [5, 5.41) is 3.43. The van der Waals surface area contributed by atoms with Gasteiger partial charge in [-0.1, -0.05) is 33.6 Å². The van der Waals surface area contributed by atoms with Crippen molar-refractivity contribution in [2.75, 3.05) is 33.7 Å². The largest absolute Gasteiger partial charge is 0.319 e. The molecule has 0 radical (unpaired) electrons. The van der Waals surface area contributed by atoms with Gasteiger partial charge in [-0.25, -0.2) is 0 Å². The molecule has 0 bridgehead atoms. The first-order valence-electron chi connectivity index (χ1n) is 7.30. The summed E-state index contributed by atoms with van der Waals surface area (Å²) in [6, 6.07) is 0. The van der Waals surface area contributed by atoms with Crippen molar-refractivity contribution in [3.8, 4) is 0 Å². The van der Waals surface area contributed by atoms with Crippen molar-refractivity contribution < 1.29 is 0 Å². The van der Waals surface area contributed by atoms with Crippen molar-refractivity contribution in [1.82, 2.24) is 10.2 Å². The average molecular weight is 240 g/mol. The van der Waals surface area contributed by atoms with E-state index in [2.05, 4.69) is 45.1 Å². The zero-order valence-electron chi connectivity index (χ0n) is 12.6. The van der Waals surface area contributed by atoms with Crippen LogP contribution < -0.4 is 5.32 Å². The average Bonchev–Trinajstić information content (AvgIpc) is 2.15. The van der Waals surface area contributed by atoms with Crippen LogP contribution in [0.3, 0.4) is 0 Å². The summed E-state index contributed by atoms with van der Waals surface area (Å²) in [6.07, 6.45) is 5.65. The summed E-state index contributed by atoms with van der Waals surface area (Å²) in [5.41, 5.74) is 0.524. The molecule has 0 spiro atoms. The molecule has 2 heteroatoms. The Morgan fingerprint density at radius 1 is 1.41 bits per heavy atom. The van der Waals surface area contributed by atoms with Crippen LogP contribution in [0.4, 0.5) is 0 Å². The third-order valence-corrected chi connectivity index (χ3v) is 4.02. The third kappa shape index (κ3) is 4.97. The Morgan fingerprint density at radius 3 is 2.65 bits per heavy atom. The molecule has 0 aromatic carbocycles. The SMILES string of the molecule is CNCC1(CN(C)CC(C)C)CCCC(C)C1. The molecule has 1 rings (SSSR count). The van der Waals surface area contributed by atoms with Crippen LogP contribution in [-0.4, -0.2) is 38.6 Å². The maximum atomic E-state index is 3.43. The van der Waals surface area contributed by atoms with Gasteiger partial charge in [0, 0.05) is 19.6 Å². The van der Waals surface area contributed by atoms with Crippen molar-refractivity contribution in [3.05, 3.63) is 0 Å². The molecule has 0 aliphatic heterocycles. The predicted octanol–water partition coefficient (Wildman–Crippen LogP) is 2.99. The van der Waals surface area contributed by atoms with Gasteiger partial charge in [0.1, 0.15) is 0 Å². The van der Waals surface area contributed by atoms with E-state index in [1.165, 1.54) is 45.3 Å². The van der Waals surface area contributed by atoms with Crippen LogP contribution in [0.2, 0.25) is 0 Å². The highest BCUT2D eigenvalue weighted by molar-refractivity contribution is 4.89. The highest BCUT2D eigenvalue weighted by atomic mass is 15.1. The number of hydrogen-bond donors (Lipinski definition) is 1. The lowest BCUT2D eigenvalue weighted by molar-refractivity contribution is 0.0890. The first-order chi connectivity index (χ1) is 7.97. The Kier molecular flexibility index (Phi) is 5.94. The van der Waals surface area contributed by atoms with E-state index in [9.17, 15) is 0 Å². The van der Waals surface area contributed by atoms with E-state index in [0.29, 0.717) is 5.41 Å². The molecule has 2 atom stereocenters. The summed E-state index contributed by atoms with van der Waals surface area (Å²) < 4.78 is 0. The van der Waals surface area contributed by atoms with Crippen LogP contribution in [0, 0.1) is 17.3 Å². The molecule has 0 heterocycles. The quantitative estimate of drug-likeness (QED) is 0.768. The van der Waals surface area contributed by atoms with Gasteiger partial charge in [0.05, 0.1) is 0 Å². The van der Waals surface area contributed by atoms with Gasteiger partial charge in [-0.2, -0.15) is 0 Å². The van der Waals surface area contributed by atoms with Crippen LogP contribution in [0.1, 0.15) is 46.5 Å². The minimum Gasteiger partial charge on any atom is -0.319 e. The Morgan fingerprint density at radius 2 is 2.12 bits per heavy atom. The Balaban J connectivity index is 2.57. The molecule has 17 heavy (non-hydrogen) atoms. The zero-order chi connectivity index (χ0) is 12.9. The van der Waals surface area contributed by atoms with Gasteiger partial charge in [-0.15, -0.1) is 0 Å². The molecule has 0 saturated heterocycles. The Bertz CT molecular complexity index is 211. The minimum atomic E-state index is 0.524. The fourth-order valence-electron chi connectivity index (χ4n) is 3.76. The van der Waals surface area contributed by atoms with Crippen LogP contribution >= 0.6 is 0 Å². The molecule has 2 unspecified atom stereocenters. The molecule has 1 N–H and O–H groups in total. The number of hydrogen-bond acceptors (Lipinski definition) is 2. The molecule has 1 aliphatic carbocycles. The maximum Gasteiger partial charge on any atom is 0.00473 e. The van der Waals surface area contributed by atoms with E-state index < -0.39 is 0 Å². The minimum absolute atomic E-state index is 0.524. The van der Waals surface area contributed by atoms with Gasteiger partial charge >= 0.3 is 0 Å². The van der Waals surface area contributed by atoms with Crippen molar-refractivity contribution in [2.24, 2.45) is 17.3 Å². The van der Waals surface area contributed by atoms with Crippen LogP contribution in [0.25, 0.3) is 0 Å². The van der Waals surface area contributed by atoms with Crippen LogP contribution in [0.5, 0.6) is 0 Å². The first-order valence-corrected chi connectivity index (χ1v) is 7.30. The van der Waals surface area contributed by atoms with Gasteiger partial charge in [-0.3, -0.25) is 0 Å². The van der Waals surface area contributed by atoms with E-state index in [4.69, 9.17) is 0 Å². The molecule has 0 aromatic heterocycles. The lowest BCUT2D eigenvalue weighted by atomic mass is 9.69. The number of rotatable bonds is 6. The Labute approximate surface area is 108 Å². The second-order valence-electron chi connectivity index (χ2n) is 6.82. The first kappa shape index (κ1) is 15.0. The van der Waals surface area contributed by atoms with Gasteiger partial charge in [0.2, 0.25) is 0 Å². The summed E-state index contributed by atoms with van der Waals surface area (Å²) >= 11 is 0. The van der Waals surface area contributed by atoms with E-state index in [0.717, 1.165) is 11.8 Å². The lowest BCUT2D eigenvalue weighted by Gasteiger charge is -2.43. The molecule has 2 nitrogen and oxygen atoms in total. The van der Waals surface area contributed by atoms with Crippen LogP contribution in [-0.2, 0) is 0 Å². The summed E-state index contributed by atoms with van der Waals surface area (Å²) in [6.45, 7) is 10.7. The molecule has 102 valence electrons. The Hall–Kier alpha value is -0.0800. The standard InChI is InChI=1S/C15H32N2/c1-13(2)10-17(5)12-15(11-16-4)8-6-7-14(3)9-15/h13-14,16H,6-12H2,1-5H3. The summed E-state index contributed by atoms with van der Waals surface area (Å²) in [7, 11) is 4.39. The molecule has 1 aliphatic rings. The molecular formula is C15H32N2. The second-order valence-corrected chi connectivity index (χ2v) is 6.82. The summed E-state index contributed by atoms with van der Waals surface area (Å²) in [5.74, 6) is 1.68. The smallest absolute Gasteiger partial charge is 0.00473 e. The highest BCUT2D eigenvalue weighted by Crippen LogP contribution is 2.39. The van der Waals surface area contributed by atoms with Crippen molar-refractivity contribution in [1.29, 1.82) is 0 Å². The van der Waals surface area contributed by atoms with E-state index >= 15 is 0 Å². The van der Waals surface area contributed by atoms with Gasteiger partial charge in [0.15, 0.2) is 0 Å².